The molecule has 0 amide bonds. The summed E-state index contributed by atoms with van der Waals surface area (Å²) >= 11 is 0. The standard InChI is InChI=1S/C17H30N4O2/c1-5-23-14-10-13(22)17(14)6-8-20(9-7-17)11-15-18-12-19-21(15)16(2,3)4/h12-14,22H,5-11H2,1-4H3. The fourth-order valence-corrected chi connectivity index (χ4v) is 4.08. The highest BCUT2D eigenvalue weighted by atomic mass is 16.5. The van der Waals surface area contributed by atoms with Crippen molar-refractivity contribution in [3.63, 3.8) is 0 Å². The second kappa shape index (κ2) is 6.15. The van der Waals surface area contributed by atoms with Gasteiger partial charge in [-0.1, -0.05) is 0 Å². The Kier molecular flexibility index (Phi) is 4.51. The molecular formula is C17H30N4O2. The zero-order valence-electron chi connectivity index (χ0n) is 14.8. The normalized spacial score (nSPS) is 28.0. The Labute approximate surface area is 138 Å². The summed E-state index contributed by atoms with van der Waals surface area (Å²) in [5, 5.41) is 14.7. The van der Waals surface area contributed by atoms with Crippen LogP contribution >= 0.6 is 0 Å². The summed E-state index contributed by atoms with van der Waals surface area (Å²) in [6.45, 7) is 12.0. The molecule has 2 heterocycles. The first kappa shape index (κ1) is 16.9. The van der Waals surface area contributed by atoms with E-state index < -0.39 is 0 Å². The minimum absolute atomic E-state index is 0.00971. The van der Waals surface area contributed by atoms with E-state index in [0.29, 0.717) is 0 Å². The van der Waals surface area contributed by atoms with Crippen LogP contribution in [0.4, 0.5) is 0 Å². The first-order chi connectivity index (χ1) is 10.9. The van der Waals surface area contributed by atoms with Gasteiger partial charge in [-0.25, -0.2) is 9.67 Å². The Morgan fingerprint density at radius 3 is 2.61 bits per heavy atom. The molecule has 0 radical (unpaired) electrons. The SMILES string of the molecule is CCOC1CC(O)C12CCN(Cc1ncnn1C(C)(C)C)CC2. The minimum Gasteiger partial charge on any atom is -0.392 e. The molecule has 1 aromatic rings. The number of hydrogen-bond acceptors (Lipinski definition) is 5. The van der Waals surface area contributed by atoms with E-state index in [1.54, 1.807) is 6.33 Å². The highest BCUT2D eigenvalue weighted by molar-refractivity contribution is 5.07. The molecule has 1 aromatic heterocycles. The summed E-state index contributed by atoms with van der Waals surface area (Å²) in [7, 11) is 0. The minimum atomic E-state index is -0.195. The topological polar surface area (TPSA) is 63.4 Å². The van der Waals surface area contributed by atoms with Crippen LogP contribution in [0.5, 0.6) is 0 Å². The number of hydrogen-bond donors (Lipinski definition) is 1. The van der Waals surface area contributed by atoms with E-state index in [1.165, 1.54) is 0 Å². The lowest BCUT2D eigenvalue weighted by Crippen LogP contribution is -2.62. The molecule has 3 rings (SSSR count). The predicted molar refractivity (Wildman–Crippen MR) is 88.0 cm³/mol. The zero-order valence-corrected chi connectivity index (χ0v) is 14.8. The lowest BCUT2D eigenvalue weighted by molar-refractivity contribution is -0.210. The molecule has 2 atom stereocenters. The number of ether oxygens (including phenoxy) is 1. The van der Waals surface area contributed by atoms with Crippen molar-refractivity contribution in [1.82, 2.24) is 19.7 Å². The van der Waals surface area contributed by atoms with E-state index in [4.69, 9.17) is 4.74 Å². The van der Waals surface area contributed by atoms with Crippen LogP contribution < -0.4 is 0 Å². The van der Waals surface area contributed by atoms with Gasteiger partial charge in [0.15, 0.2) is 0 Å². The van der Waals surface area contributed by atoms with Crippen molar-refractivity contribution in [2.24, 2.45) is 5.41 Å². The first-order valence-corrected chi connectivity index (χ1v) is 8.78. The molecule has 1 aliphatic carbocycles. The van der Waals surface area contributed by atoms with Gasteiger partial charge in [0.05, 0.1) is 24.3 Å². The van der Waals surface area contributed by atoms with Gasteiger partial charge in [-0.3, -0.25) is 4.90 Å². The van der Waals surface area contributed by atoms with E-state index >= 15 is 0 Å². The van der Waals surface area contributed by atoms with Crippen molar-refractivity contribution in [3.8, 4) is 0 Å². The second-order valence-electron chi connectivity index (χ2n) is 7.96. The van der Waals surface area contributed by atoms with Crippen LogP contribution in [-0.4, -0.2) is 56.7 Å². The Morgan fingerprint density at radius 1 is 1.35 bits per heavy atom. The van der Waals surface area contributed by atoms with Gasteiger partial charge in [0.1, 0.15) is 12.2 Å². The first-order valence-electron chi connectivity index (χ1n) is 8.78. The molecule has 23 heavy (non-hydrogen) atoms. The van der Waals surface area contributed by atoms with Gasteiger partial charge in [-0.15, -0.1) is 0 Å². The summed E-state index contributed by atoms with van der Waals surface area (Å²) in [5.41, 5.74) is -0.0583. The third-order valence-corrected chi connectivity index (χ3v) is 5.52. The van der Waals surface area contributed by atoms with Crippen molar-refractivity contribution in [1.29, 1.82) is 0 Å². The number of aromatic nitrogens is 3. The van der Waals surface area contributed by atoms with Crippen LogP contribution in [0.3, 0.4) is 0 Å². The maximum absolute atomic E-state index is 10.3. The molecule has 1 spiro atoms. The molecule has 1 N–H and O–H groups in total. The fraction of sp³-hybridized carbons (Fsp3) is 0.882. The summed E-state index contributed by atoms with van der Waals surface area (Å²) in [6, 6.07) is 0. The summed E-state index contributed by atoms with van der Waals surface area (Å²) in [4.78, 5) is 6.86. The van der Waals surface area contributed by atoms with Gasteiger partial charge < -0.3 is 9.84 Å². The Hall–Kier alpha value is -0.980. The molecule has 6 nitrogen and oxygen atoms in total. The van der Waals surface area contributed by atoms with Crippen molar-refractivity contribution >= 4 is 0 Å². The Balaban J connectivity index is 1.61. The van der Waals surface area contributed by atoms with Gasteiger partial charge in [0.25, 0.3) is 0 Å². The van der Waals surface area contributed by atoms with Crippen molar-refractivity contribution in [3.05, 3.63) is 12.2 Å². The Morgan fingerprint density at radius 2 is 2.04 bits per heavy atom. The van der Waals surface area contributed by atoms with Gasteiger partial charge in [0.2, 0.25) is 0 Å². The van der Waals surface area contributed by atoms with Gasteiger partial charge in [-0.05, 0) is 53.6 Å². The van der Waals surface area contributed by atoms with E-state index in [0.717, 1.165) is 51.3 Å². The highest BCUT2D eigenvalue weighted by Crippen LogP contribution is 2.51. The van der Waals surface area contributed by atoms with E-state index in [9.17, 15) is 5.11 Å². The van der Waals surface area contributed by atoms with Crippen molar-refractivity contribution in [2.45, 2.75) is 71.2 Å². The maximum atomic E-state index is 10.3. The molecule has 6 heteroatoms. The molecule has 130 valence electrons. The lowest BCUT2D eigenvalue weighted by Gasteiger charge is -2.56. The molecule has 1 saturated heterocycles. The summed E-state index contributed by atoms with van der Waals surface area (Å²) < 4.78 is 7.85. The quantitative estimate of drug-likeness (QED) is 0.915. The van der Waals surface area contributed by atoms with Crippen LogP contribution in [0.25, 0.3) is 0 Å². The smallest absolute Gasteiger partial charge is 0.141 e. The number of rotatable bonds is 4. The molecule has 2 unspecified atom stereocenters. The van der Waals surface area contributed by atoms with Gasteiger partial charge >= 0.3 is 0 Å². The summed E-state index contributed by atoms with van der Waals surface area (Å²) in [5.74, 6) is 1.02. The van der Waals surface area contributed by atoms with Crippen LogP contribution in [0.2, 0.25) is 0 Å². The van der Waals surface area contributed by atoms with Crippen LogP contribution in [0.15, 0.2) is 6.33 Å². The molecule has 1 aliphatic heterocycles. The molecule has 2 aliphatic rings. The van der Waals surface area contributed by atoms with Crippen molar-refractivity contribution < 1.29 is 9.84 Å². The van der Waals surface area contributed by atoms with E-state index in [-0.39, 0.29) is 23.2 Å². The second-order valence-corrected chi connectivity index (χ2v) is 7.96. The molecule has 0 bridgehead atoms. The number of aliphatic hydroxyl groups is 1. The van der Waals surface area contributed by atoms with Crippen molar-refractivity contribution in [2.75, 3.05) is 19.7 Å². The van der Waals surface area contributed by atoms with E-state index in [2.05, 4.69) is 35.8 Å². The number of likely N-dealkylation sites (tertiary alicyclic amines) is 1. The largest absolute Gasteiger partial charge is 0.392 e. The van der Waals surface area contributed by atoms with E-state index in [1.807, 2.05) is 11.6 Å². The fourth-order valence-electron chi connectivity index (χ4n) is 4.08. The van der Waals surface area contributed by atoms with Gasteiger partial charge in [-0.2, -0.15) is 5.10 Å². The zero-order chi connectivity index (χ0) is 16.7. The number of piperidine rings is 1. The lowest BCUT2D eigenvalue weighted by atomic mass is 9.58. The molecule has 1 saturated carbocycles. The van der Waals surface area contributed by atoms with Crippen LogP contribution in [0.1, 0.15) is 52.8 Å². The third kappa shape index (κ3) is 3.04. The average Bonchev–Trinajstić information content (AvgIpc) is 2.96. The molecule has 2 fully saturated rings. The predicted octanol–water partition coefficient (Wildman–Crippen LogP) is 1.78. The highest BCUT2D eigenvalue weighted by Gasteiger charge is 2.55. The van der Waals surface area contributed by atoms with Crippen LogP contribution in [-0.2, 0) is 16.8 Å². The maximum Gasteiger partial charge on any atom is 0.141 e. The monoisotopic (exact) mass is 322 g/mol. The Bertz CT molecular complexity index is 527. The average molecular weight is 322 g/mol. The number of aliphatic hydroxyl groups excluding tert-OH is 1. The van der Waals surface area contributed by atoms with Crippen LogP contribution in [0, 0.1) is 5.41 Å². The summed E-state index contributed by atoms with van der Waals surface area (Å²) in [6.07, 6.45) is 4.49. The number of nitrogens with zero attached hydrogens (tertiary/aromatic N) is 4. The third-order valence-electron chi connectivity index (χ3n) is 5.52. The molecule has 0 aromatic carbocycles. The van der Waals surface area contributed by atoms with Gasteiger partial charge in [0, 0.05) is 18.4 Å². The molecular weight excluding hydrogens is 292 g/mol.